The number of rotatable bonds is 2. The summed E-state index contributed by atoms with van der Waals surface area (Å²) < 4.78 is 0. The number of hydrogen-bond acceptors (Lipinski definition) is 5. The Bertz CT molecular complexity index is 966. The number of aliphatic imine (C=N–C) groups is 1. The molecule has 0 saturated heterocycles. The van der Waals surface area contributed by atoms with Gasteiger partial charge in [-0.15, -0.1) is 0 Å². The van der Waals surface area contributed by atoms with Gasteiger partial charge in [0.05, 0.1) is 11.8 Å². The van der Waals surface area contributed by atoms with Gasteiger partial charge in [-0.2, -0.15) is 10.4 Å². The highest BCUT2D eigenvalue weighted by atomic mass is 15.2. The maximum absolute atomic E-state index is 9.44. The molecular formula is C18H14N6. The summed E-state index contributed by atoms with van der Waals surface area (Å²) in [6, 6.07) is 19.5. The minimum absolute atomic E-state index is 0.409. The van der Waals surface area contributed by atoms with Crippen LogP contribution in [0.5, 0.6) is 0 Å². The van der Waals surface area contributed by atoms with Crippen LogP contribution in [0.3, 0.4) is 0 Å². The van der Waals surface area contributed by atoms with Crippen LogP contribution in [0.1, 0.15) is 22.4 Å². The Morgan fingerprint density at radius 3 is 2.58 bits per heavy atom. The van der Waals surface area contributed by atoms with Gasteiger partial charge >= 0.3 is 0 Å². The fourth-order valence-corrected chi connectivity index (χ4v) is 3.00. The molecule has 1 unspecified atom stereocenters. The molecule has 0 aliphatic carbocycles. The lowest BCUT2D eigenvalue weighted by molar-refractivity contribution is 0.593. The lowest BCUT2D eigenvalue weighted by atomic mass is 9.91. The molecule has 4 rings (SSSR count). The average molecular weight is 314 g/mol. The molecule has 24 heavy (non-hydrogen) atoms. The second-order valence-electron chi connectivity index (χ2n) is 5.51. The summed E-state index contributed by atoms with van der Waals surface area (Å²) in [5.41, 5.74) is 8.76. The van der Waals surface area contributed by atoms with Crippen molar-refractivity contribution in [3.63, 3.8) is 0 Å². The molecule has 0 amide bonds. The second kappa shape index (κ2) is 5.25. The minimum atomic E-state index is -1.03. The molecule has 2 aromatic carbocycles. The average Bonchev–Trinajstić information content (AvgIpc) is 3.12. The van der Waals surface area contributed by atoms with E-state index in [2.05, 4.69) is 21.6 Å². The number of aromatic amines is 1. The fraction of sp³-hybridized carbons (Fsp3) is 0.0556. The van der Waals surface area contributed by atoms with Crippen LogP contribution in [0.4, 0.5) is 5.69 Å². The molecule has 3 aromatic rings. The zero-order chi connectivity index (χ0) is 16.6. The molecule has 0 saturated carbocycles. The lowest BCUT2D eigenvalue weighted by Crippen LogP contribution is -2.42. The summed E-state index contributed by atoms with van der Waals surface area (Å²) in [4.78, 5) is 4.74. The van der Waals surface area contributed by atoms with E-state index in [0.29, 0.717) is 17.1 Å². The molecule has 1 aliphatic heterocycles. The Kier molecular flexibility index (Phi) is 3.07. The highest BCUT2D eigenvalue weighted by Crippen LogP contribution is 2.39. The number of amidine groups is 1. The van der Waals surface area contributed by atoms with Crippen LogP contribution in [-0.4, -0.2) is 16.0 Å². The van der Waals surface area contributed by atoms with Gasteiger partial charge in [0, 0.05) is 16.8 Å². The molecule has 1 aromatic heterocycles. The molecule has 0 spiro atoms. The molecule has 1 aliphatic rings. The summed E-state index contributed by atoms with van der Waals surface area (Å²) in [7, 11) is 0. The number of aromatic nitrogens is 2. The van der Waals surface area contributed by atoms with Crippen molar-refractivity contribution < 1.29 is 0 Å². The molecule has 6 nitrogen and oxygen atoms in total. The number of nitrogens with zero attached hydrogens (tertiary/aromatic N) is 3. The number of hydrogen-bond donors (Lipinski definition) is 3. The number of fused-ring (bicyclic) bond motifs is 1. The number of nitriles is 1. The van der Waals surface area contributed by atoms with Gasteiger partial charge in [-0.3, -0.25) is 5.10 Å². The van der Waals surface area contributed by atoms with Crippen molar-refractivity contribution in [1.29, 1.82) is 5.26 Å². The van der Waals surface area contributed by atoms with Gasteiger partial charge in [0.1, 0.15) is 17.6 Å². The zero-order valence-corrected chi connectivity index (χ0v) is 12.7. The van der Waals surface area contributed by atoms with Crippen LogP contribution in [0, 0.1) is 11.3 Å². The minimum Gasteiger partial charge on any atom is -0.383 e. The maximum atomic E-state index is 9.44. The monoisotopic (exact) mass is 314 g/mol. The summed E-state index contributed by atoms with van der Waals surface area (Å²) in [6.45, 7) is 0. The van der Waals surface area contributed by atoms with Gasteiger partial charge in [0.15, 0.2) is 0 Å². The fourth-order valence-electron chi connectivity index (χ4n) is 3.00. The smallest absolute Gasteiger partial charge is 0.201 e. The van der Waals surface area contributed by atoms with E-state index >= 15 is 0 Å². The van der Waals surface area contributed by atoms with Gasteiger partial charge in [-0.25, -0.2) is 4.99 Å². The Labute approximate surface area is 138 Å². The first-order valence-electron chi connectivity index (χ1n) is 7.47. The Hall–Kier alpha value is -3.59. The van der Waals surface area contributed by atoms with Crippen molar-refractivity contribution in [2.24, 2.45) is 10.7 Å². The Balaban J connectivity index is 2.02. The van der Waals surface area contributed by atoms with E-state index < -0.39 is 5.66 Å². The largest absolute Gasteiger partial charge is 0.383 e. The Morgan fingerprint density at radius 2 is 1.79 bits per heavy atom. The van der Waals surface area contributed by atoms with E-state index in [9.17, 15) is 5.26 Å². The van der Waals surface area contributed by atoms with E-state index in [1.165, 1.54) is 6.20 Å². The van der Waals surface area contributed by atoms with E-state index in [4.69, 9.17) is 10.7 Å². The normalized spacial score (nSPS) is 18.9. The van der Waals surface area contributed by atoms with E-state index in [1.54, 1.807) is 0 Å². The van der Waals surface area contributed by atoms with Gasteiger partial charge in [-0.05, 0) is 12.1 Å². The standard InChI is InChI=1S/C18H14N6/c19-10-12-11-21-24-16(12)18(13-6-2-1-3-7-13)22-15-9-5-4-8-14(15)17(20)23-18/h1-9,11,22H,(H2,20,23)(H,21,24). The first-order valence-corrected chi connectivity index (χ1v) is 7.47. The van der Waals surface area contributed by atoms with E-state index in [1.807, 2.05) is 54.6 Å². The number of nitrogens with two attached hydrogens (primary N) is 1. The number of H-pyrrole nitrogens is 1. The van der Waals surface area contributed by atoms with Gasteiger partial charge < -0.3 is 11.1 Å². The lowest BCUT2D eigenvalue weighted by Gasteiger charge is -2.36. The number of para-hydroxylation sites is 1. The summed E-state index contributed by atoms with van der Waals surface area (Å²) in [5.74, 6) is 0.409. The number of benzene rings is 2. The number of anilines is 1. The predicted octanol–water partition coefficient (Wildman–Crippen LogP) is 2.31. The molecular weight excluding hydrogens is 300 g/mol. The Morgan fingerprint density at radius 1 is 1.04 bits per heavy atom. The maximum Gasteiger partial charge on any atom is 0.201 e. The molecule has 6 heteroatoms. The molecule has 116 valence electrons. The SMILES string of the molecule is N#Cc1cn[nH]c1C1(c2ccccc2)N=C(N)c2ccccc2N1. The molecule has 1 atom stereocenters. The van der Waals surface area contributed by atoms with Crippen LogP contribution in [0.15, 0.2) is 65.8 Å². The number of nitrogens with one attached hydrogen (secondary N) is 2. The first kappa shape index (κ1) is 14.0. The van der Waals surface area contributed by atoms with Crippen molar-refractivity contribution in [1.82, 2.24) is 10.2 Å². The molecule has 0 fully saturated rings. The van der Waals surface area contributed by atoms with Crippen molar-refractivity contribution in [2.45, 2.75) is 5.66 Å². The third-order valence-electron chi connectivity index (χ3n) is 4.12. The van der Waals surface area contributed by atoms with Crippen molar-refractivity contribution >= 4 is 11.5 Å². The van der Waals surface area contributed by atoms with Crippen LogP contribution in [0.25, 0.3) is 0 Å². The van der Waals surface area contributed by atoms with Crippen molar-refractivity contribution in [3.05, 3.63) is 83.2 Å². The summed E-state index contributed by atoms with van der Waals surface area (Å²) >= 11 is 0. The second-order valence-corrected chi connectivity index (χ2v) is 5.51. The van der Waals surface area contributed by atoms with Crippen LogP contribution < -0.4 is 11.1 Å². The van der Waals surface area contributed by atoms with Crippen molar-refractivity contribution in [2.75, 3.05) is 5.32 Å². The van der Waals surface area contributed by atoms with E-state index in [0.717, 1.165) is 16.8 Å². The van der Waals surface area contributed by atoms with Gasteiger partial charge in [0.25, 0.3) is 0 Å². The topological polar surface area (TPSA) is 103 Å². The third-order valence-corrected chi connectivity index (χ3v) is 4.12. The molecule has 0 radical (unpaired) electrons. The van der Waals surface area contributed by atoms with Crippen LogP contribution in [0.2, 0.25) is 0 Å². The van der Waals surface area contributed by atoms with Gasteiger partial charge in [0.2, 0.25) is 5.66 Å². The predicted molar refractivity (Wildman–Crippen MR) is 91.3 cm³/mol. The van der Waals surface area contributed by atoms with Gasteiger partial charge in [-0.1, -0.05) is 42.5 Å². The van der Waals surface area contributed by atoms with Crippen molar-refractivity contribution in [3.8, 4) is 6.07 Å². The zero-order valence-electron chi connectivity index (χ0n) is 12.7. The summed E-state index contributed by atoms with van der Waals surface area (Å²) in [5, 5.41) is 19.8. The summed E-state index contributed by atoms with van der Waals surface area (Å²) in [6.07, 6.45) is 1.49. The van der Waals surface area contributed by atoms with Crippen LogP contribution >= 0.6 is 0 Å². The highest BCUT2D eigenvalue weighted by molar-refractivity contribution is 6.04. The quantitative estimate of drug-likeness (QED) is 0.675. The third kappa shape index (κ3) is 1.96. The molecule has 0 bridgehead atoms. The van der Waals surface area contributed by atoms with E-state index in [-0.39, 0.29) is 0 Å². The first-order chi connectivity index (χ1) is 11.7. The van der Waals surface area contributed by atoms with Crippen LogP contribution in [-0.2, 0) is 5.66 Å². The highest BCUT2D eigenvalue weighted by Gasteiger charge is 2.41. The molecule has 4 N–H and O–H groups in total. The molecule has 2 heterocycles.